The Balaban J connectivity index is 2.55. The van der Waals surface area contributed by atoms with Crippen LogP contribution in [0.25, 0.3) is 0 Å². The zero-order valence-electron chi connectivity index (χ0n) is 7.28. The van der Waals surface area contributed by atoms with Gasteiger partial charge in [-0.25, -0.2) is 0 Å². The Hall–Kier alpha value is -0.0551. The second-order valence-corrected chi connectivity index (χ2v) is 3.12. The predicted octanol–water partition coefficient (Wildman–Crippen LogP) is -1.01. The molecule has 0 radical (unpaired) electrons. The highest BCUT2D eigenvalue weighted by atomic mass is 16.6. The van der Waals surface area contributed by atoms with E-state index in [1.54, 1.807) is 7.11 Å². The summed E-state index contributed by atoms with van der Waals surface area (Å²) in [5, 5.41) is 8.89. The number of aliphatic hydroxyl groups excluding tert-OH is 1. The van der Waals surface area contributed by atoms with Crippen LogP contribution in [0.2, 0.25) is 0 Å². The first-order chi connectivity index (χ1) is 5.20. The molecule has 1 unspecified atom stereocenters. The van der Waals surface area contributed by atoms with Crippen molar-refractivity contribution in [3.8, 4) is 0 Å². The van der Waals surface area contributed by atoms with E-state index in [9.17, 15) is 0 Å². The minimum absolute atomic E-state index is 0.0463. The third kappa shape index (κ3) is 1.58. The molecule has 3 nitrogen and oxygen atoms in total. The van der Waals surface area contributed by atoms with Gasteiger partial charge in [0.2, 0.25) is 0 Å². The Morgan fingerprint density at radius 2 is 2.27 bits per heavy atom. The van der Waals surface area contributed by atoms with Gasteiger partial charge in [0.15, 0.2) is 0 Å². The minimum atomic E-state index is -0.0463. The quantitative estimate of drug-likeness (QED) is 0.523. The molecule has 11 heavy (non-hydrogen) atoms. The molecule has 1 N–H and O–H groups in total. The van der Waals surface area contributed by atoms with E-state index in [2.05, 4.69) is 0 Å². The smallest absolute Gasteiger partial charge is 0.142 e. The van der Waals surface area contributed by atoms with Gasteiger partial charge in [0.05, 0.1) is 24.8 Å². The molecule has 1 heterocycles. The monoisotopic (exact) mass is 158 g/mol. The van der Waals surface area contributed by atoms with Crippen molar-refractivity contribution in [2.45, 2.75) is 25.1 Å². The SMILES string of the molecule is BC1O[C@H](CO)[C@@H](C)[C@H]1OC. The maximum Gasteiger partial charge on any atom is 0.142 e. The lowest BCUT2D eigenvalue weighted by molar-refractivity contribution is 0.0206. The van der Waals surface area contributed by atoms with E-state index in [0.29, 0.717) is 5.92 Å². The number of ether oxygens (including phenoxy) is 2. The summed E-state index contributed by atoms with van der Waals surface area (Å²) in [6.07, 6.45) is 0.0853. The van der Waals surface area contributed by atoms with Crippen LogP contribution in [0.4, 0.5) is 0 Å². The highest BCUT2D eigenvalue weighted by Gasteiger charge is 2.38. The van der Waals surface area contributed by atoms with Crippen LogP contribution < -0.4 is 0 Å². The lowest BCUT2D eigenvalue weighted by atomic mass is 9.89. The first-order valence-electron chi connectivity index (χ1n) is 3.99. The lowest BCUT2D eigenvalue weighted by Gasteiger charge is -2.16. The number of hydrogen-bond donors (Lipinski definition) is 1. The van der Waals surface area contributed by atoms with Crippen LogP contribution in [0.1, 0.15) is 6.92 Å². The summed E-state index contributed by atoms with van der Waals surface area (Å²) in [5.41, 5.74) is 0. The van der Waals surface area contributed by atoms with Gasteiger partial charge in [0, 0.05) is 13.0 Å². The Morgan fingerprint density at radius 3 is 2.55 bits per heavy atom. The fourth-order valence-electron chi connectivity index (χ4n) is 1.73. The van der Waals surface area contributed by atoms with E-state index in [0.717, 1.165) is 0 Å². The summed E-state index contributed by atoms with van der Waals surface area (Å²) in [7, 11) is 3.65. The second kappa shape index (κ2) is 3.56. The van der Waals surface area contributed by atoms with Gasteiger partial charge in [0.25, 0.3) is 0 Å². The van der Waals surface area contributed by atoms with Gasteiger partial charge in [-0.1, -0.05) is 6.92 Å². The molecule has 64 valence electrons. The molecule has 4 atom stereocenters. The predicted molar refractivity (Wildman–Crippen MR) is 44.3 cm³/mol. The highest BCUT2D eigenvalue weighted by molar-refractivity contribution is 6.11. The second-order valence-electron chi connectivity index (χ2n) is 3.12. The van der Waals surface area contributed by atoms with Gasteiger partial charge in [0.1, 0.15) is 7.85 Å². The van der Waals surface area contributed by atoms with E-state index in [4.69, 9.17) is 14.6 Å². The van der Waals surface area contributed by atoms with Crippen molar-refractivity contribution in [3.63, 3.8) is 0 Å². The Kier molecular flexibility index (Phi) is 2.93. The molecule has 0 bridgehead atoms. The van der Waals surface area contributed by atoms with Crippen molar-refractivity contribution in [3.05, 3.63) is 0 Å². The van der Waals surface area contributed by atoms with Crippen LogP contribution in [0.3, 0.4) is 0 Å². The minimum Gasteiger partial charge on any atom is -0.394 e. The normalized spacial score (nSPS) is 44.6. The van der Waals surface area contributed by atoms with Crippen molar-refractivity contribution in [1.29, 1.82) is 0 Å². The van der Waals surface area contributed by atoms with Crippen LogP contribution in [-0.2, 0) is 9.47 Å². The average molecular weight is 158 g/mol. The number of hydrogen-bond acceptors (Lipinski definition) is 3. The van der Waals surface area contributed by atoms with E-state index < -0.39 is 0 Å². The molecule has 1 saturated heterocycles. The number of aliphatic hydroxyl groups is 1. The molecular formula is C7H15BO3. The third-order valence-electron chi connectivity index (χ3n) is 2.41. The molecule has 1 aliphatic rings. The van der Waals surface area contributed by atoms with Gasteiger partial charge in [-0.3, -0.25) is 0 Å². The van der Waals surface area contributed by atoms with E-state index in [-0.39, 0.29) is 24.8 Å². The summed E-state index contributed by atoms with van der Waals surface area (Å²) in [6, 6.07) is 0.104. The van der Waals surface area contributed by atoms with Crippen LogP contribution in [0.15, 0.2) is 0 Å². The Bertz CT molecular complexity index is 131. The van der Waals surface area contributed by atoms with Crippen molar-refractivity contribution in [2.24, 2.45) is 5.92 Å². The van der Waals surface area contributed by atoms with E-state index in [1.165, 1.54) is 0 Å². The molecule has 0 amide bonds. The van der Waals surface area contributed by atoms with E-state index in [1.807, 2.05) is 14.8 Å². The summed E-state index contributed by atoms with van der Waals surface area (Å²) in [4.78, 5) is 0. The summed E-state index contributed by atoms with van der Waals surface area (Å²) in [6.45, 7) is 2.13. The van der Waals surface area contributed by atoms with Gasteiger partial charge in [-0.15, -0.1) is 0 Å². The Morgan fingerprint density at radius 1 is 1.64 bits per heavy atom. The van der Waals surface area contributed by atoms with Crippen molar-refractivity contribution >= 4 is 7.85 Å². The first-order valence-corrected chi connectivity index (χ1v) is 3.99. The first kappa shape index (κ1) is 9.04. The van der Waals surface area contributed by atoms with Gasteiger partial charge in [-0.05, 0) is 0 Å². The number of methoxy groups -OCH3 is 1. The van der Waals surface area contributed by atoms with E-state index >= 15 is 0 Å². The zero-order valence-corrected chi connectivity index (χ0v) is 7.28. The molecule has 1 rings (SSSR count). The molecule has 0 aliphatic carbocycles. The largest absolute Gasteiger partial charge is 0.394 e. The third-order valence-corrected chi connectivity index (χ3v) is 2.41. The fraction of sp³-hybridized carbons (Fsp3) is 1.00. The molecule has 1 aliphatic heterocycles. The molecule has 4 heteroatoms. The van der Waals surface area contributed by atoms with Crippen molar-refractivity contribution < 1.29 is 14.6 Å². The van der Waals surface area contributed by atoms with Gasteiger partial charge < -0.3 is 14.6 Å². The fourth-order valence-corrected chi connectivity index (χ4v) is 1.73. The molecule has 1 fully saturated rings. The number of rotatable bonds is 2. The molecule has 0 saturated carbocycles. The summed E-state index contributed by atoms with van der Waals surface area (Å²) < 4.78 is 10.7. The summed E-state index contributed by atoms with van der Waals surface area (Å²) >= 11 is 0. The maximum absolute atomic E-state index is 8.89. The molecule has 0 aromatic heterocycles. The Labute approximate surface area is 68.1 Å². The molecule has 0 aromatic rings. The molecule has 0 aromatic carbocycles. The maximum atomic E-state index is 8.89. The topological polar surface area (TPSA) is 38.7 Å². The van der Waals surface area contributed by atoms with Gasteiger partial charge in [-0.2, -0.15) is 0 Å². The summed E-state index contributed by atoms with van der Waals surface area (Å²) in [5.74, 6) is 0.292. The van der Waals surface area contributed by atoms with Crippen LogP contribution in [0.5, 0.6) is 0 Å². The van der Waals surface area contributed by atoms with Crippen molar-refractivity contribution in [1.82, 2.24) is 0 Å². The lowest BCUT2D eigenvalue weighted by Crippen LogP contribution is -2.28. The molecular weight excluding hydrogens is 143 g/mol. The molecule has 0 spiro atoms. The van der Waals surface area contributed by atoms with Crippen LogP contribution in [-0.4, -0.2) is 44.9 Å². The van der Waals surface area contributed by atoms with Crippen molar-refractivity contribution in [2.75, 3.05) is 13.7 Å². The highest BCUT2D eigenvalue weighted by Crippen LogP contribution is 2.26. The zero-order chi connectivity index (χ0) is 8.43. The van der Waals surface area contributed by atoms with Crippen LogP contribution >= 0.6 is 0 Å². The van der Waals surface area contributed by atoms with Crippen LogP contribution in [0, 0.1) is 5.92 Å². The van der Waals surface area contributed by atoms with Gasteiger partial charge >= 0.3 is 0 Å². The standard InChI is InChI=1S/C7H15BO3/c1-4-5(3-9)11-7(8)6(4)10-2/h4-7,9H,3,8H2,1-2H3/t4-,5-,6-,7?/m1/s1. The average Bonchev–Trinajstić information content (AvgIpc) is 2.26.